The molecule has 3 nitrogen and oxygen atoms in total. The highest BCUT2D eigenvalue weighted by molar-refractivity contribution is 6.09. The Hall–Kier alpha value is -4.24. The van der Waals surface area contributed by atoms with Crippen LogP contribution in [0.25, 0.3) is 5.57 Å². The Kier molecular flexibility index (Phi) is 8.75. The van der Waals surface area contributed by atoms with E-state index in [0.29, 0.717) is 6.54 Å². The van der Waals surface area contributed by atoms with Crippen LogP contribution in [0.5, 0.6) is 0 Å². The minimum absolute atomic E-state index is 0.162. The summed E-state index contributed by atoms with van der Waals surface area (Å²) in [5, 5.41) is 0. The summed E-state index contributed by atoms with van der Waals surface area (Å²) in [7, 11) is 0. The second kappa shape index (κ2) is 13.2. The Balaban J connectivity index is 1.25. The molecule has 0 spiro atoms. The van der Waals surface area contributed by atoms with Crippen LogP contribution in [-0.4, -0.2) is 17.4 Å². The zero-order chi connectivity index (χ0) is 28.6. The average Bonchev–Trinajstić information content (AvgIpc) is 3.62. The quantitative estimate of drug-likeness (QED) is 0.257. The number of nitrogens with one attached hydrogen (secondary N) is 1. The molecule has 0 saturated heterocycles. The highest BCUT2D eigenvalue weighted by atomic mass is 14.8. The molecular weight excluding hydrogens is 510 g/mol. The van der Waals surface area contributed by atoms with Crippen molar-refractivity contribution in [3.05, 3.63) is 149 Å². The molecule has 212 valence electrons. The van der Waals surface area contributed by atoms with Crippen LogP contribution in [0, 0.1) is 11.3 Å². The largest absolute Gasteiger partial charge is 0.361 e. The number of H-pyrrole nitrogens is 1. The lowest BCUT2D eigenvalue weighted by Crippen LogP contribution is -2.30. The third-order valence-electron chi connectivity index (χ3n) is 9.26. The fraction of sp³-hybridized carbons (Fsp3) is 0.282. The Morgan fingerprint density at radius 1 is 0.905 bits per heavy atom. The molecule has 1 fully saturated rings. The smallest absolute Gasteiger partial charge is 0.0669 e. The van der Waals surface area contributed by atoms with E-state index in [9.17, 15) is 0 Å². The molecule has 3 aromatic rings. The number of aromatic nitrogens is 1. The van der Waals surface area contributed by atoms with Crippen molar-refractivity contribution >= 4 is 18.0 Å². The van der Waals surface area contributed by atoms with Crippen molar-refractivity contribution in [2.75, 3.05) is 0 Å². The van der Waals surface area contributed by atoms with E-state index in [2.05, 4.69) is 114 Å². The van der Waals surface area contributed by atoms with E-state index in [1.54, 1.807) is 5.57 Å². The summed E-state index contributed by atoms with van der Waals surface area (Å²) < 4.78 is 0. The van der Waals surface area contributed by atoms with Crippen molar-refractivity contribution in [3.8, 4) is 0 Å². The summed E-state index contributed by atoms with van der Waals surface area (Å²) in [4.78, 5) is 13.0. The predicted octanol–water partition coefficient (Wildman–Crippen LogP) is 9.85. The van der Waals surface area contributed by atoms with E-state index < -0.39 is 0 Å². The summed E-state index contributed by atoms with van der Waals surface area (Å²) in [5.41, 5.74) is 10.2. The molecule has 6 rings (SSSR count). The SMILES string of the molecule is C=N/C(=C\C(=NCc1ccccc1)c1ccccc1)C1C=CC(C2(C3=CC=C(c4ccc[nH]4)CC3)CCCCC2)=CC1. The summed E-state index contributed by atoms with van der Waals surface area (Å²) >= 11 is 0. The maximum absolute atomic E-state index is 5.03. The van der Waals surface area contributed by atoms with Gasteiger partial charge in [0.15, 0.2) is 0 Å². The highest BCUT2D eigenvalue weighted by Gasteiger charge is 2.39. The van der Waals surface area contributed by atoms with Gasteiger partial charge in [0.25, 0.3) is 0 Å². The van der Waals surface area contributed by atoms with Gasteiger partial charge >= 0.3 is 0 Å². The van der Waals surface area contributed by atoms with Crippen molar-refractivity contribution in [2.45, 2.75) is 57.9 Å². The number of nitrogens with zero attached hydrogens (tertiary/aromatic N) is 2. The molecule has 1 atom stereocenters. The van der Waals surface area contributed by atoms with Crippen LogP contribution in [0.2, 0.25) is 0 Å². The number of aliphatic imine (C=N–C) groups is 2. The normalized spacial score (nSPS) is 20.9. The molecule has 0 aliphatic heterocycles. The van der Waals surface area contributed by atoms with Gasteiger partial charge in [0, 0.05) is 28.9 Å². The van der Waals surface area contributed by atoms with Crippen LogP contribution in [0.4, 0.5) is 0 Å². The molecule has 1 aromatic heterocycles. The average molecular weight is 552 g/mol. The number of benzene rings is 2. The van der Waals surface area contributed by atoms with Gasteiger partial charge in [-0.25, -0.2) is 0 Å². The van der Waals surface area contributed by atoms with E-state index >= 15 is 0 Å². The van der Waals surface area contributed by atoms with Crippen LogP contribution in [-0.2, 0) is 6.54 Å². The van der Waals surface area contributed by atoms with E-state index in [0.717, 1.165) is 36.2 Å². The fourth-order valence-corrected chi connectivity index (χ4v) is 6.93. The van der Waals surface area contributed by atoms with E-state index in [1.165, 1.54) is 54.5 Å². The van der Waals surface area contributed by atoms with Gasteiger partial charge in [0.2, 0.25) is 0 Å². The third-order valence-corrected chi connectivity index (χ3v) is 9.26. The first-order chi connectivity index (χ1) is 20.7. The molecule has 42 heavy (non-hydrogen) atoms. The summed E-state index contributed by atoms with van der Waals surface area (Å²) in [6.45, 7) is 4.61. The fourth-order valence-electron chi connectivity index (χ4n) is 6.93. The first-order valence-corrected chi connectivity index (χ1v) is 15.5. The Morgan fingerprint density at radius 2 is 1.69 bits per heavy atom. The molecule has 0 bridgehead atoms. The standard InChI is InChI=1S/C39H41N3/c1-40-37(28-38(31-14-7-3-8-15-31)42-29-30-12-5-2-6-13-30)33-19-23-35(24-20-33)39(25-9-4-10-26-39)34-21-17-32(18-22-34)36-16-11-27-41-36/h2-3,5-8,11-17,19,21,23-24,27-28,33,41H,1,4,9-10,18,20,22,25-26,29H2/b37-28-,42-38?. The Labute approximate surface area is 250 Å². The summed E-state index contributed by atoms with van der Waals surface area (Å²) in [5.74, 6) is 0.192. The zero-order valence-electron chi connectivity index (χ0n) is 24.5. The first-order valence-electron chi connectivity index (χ1n) is 15.5. The van der Waals surface area contributed by atoms with Crippen LogP contribution >= 0.6 is 0 Å². The highest BCUT2D eigenvalue weighted by Crippen LogP contribution is 2.52. The molecule has 3 heteroatoms. The molecule has 1 saturated carbocycles. The lowest BCUT2D eigenvalue weighted by molar-refractivity contribution is 0.285. The number of aromatic amines is 1. The van der Waals surface area contributed by atoms with Gasteiger partial charge in [-0.05, 0) is 79.3 Å². The maximum Gasteiger partial charge on any atom is 0.0669 e. The molecule has 3 aliphatic carbocycles. The molecule has 2 aromatic carbocycles. The zero-order valence-corrected chi connectivity index (χ0v) is 24.5. The lowest BCUT2D eigenvalue weighted by Gasteiger charge is -2.43. The van der Waals surface area contributed by atoms with E-state index in [1.807, 2.05) is 18.3 Å². The van der Waals surface area contributed by atoms with Gasteiger partial charge in [-0.15, -0.1) is 0 Å². The monoisotopic (exact) mass is 551 g/mol. The predicted molar refractivity (Wildman–Crippen MR) is 178 cm³/mol. The number of rotatable bonds is 9. The molecule has 0 amide bonds. The molecular formula is C39H41N3. The van der Waals surface area contributed by atoms with Crippen molar-refractivity contribution in [3.63, 3.8) is 0 Å². The van der Waals surface area contributed by atoms with Crippen LogP contribution < -0.4 is 0 Å². The minimum atomic E-state index is 0.162. The topological polar surface area (TPSA) is 40.5 Å². The molecule has 1 unspecified atom stereocenters. The lowest BCUT2D eigenvalue weighted by atomic mass is 9.61. The number of hydrogen-bond acceptors (Lipinski definition) is 2. The van der Waals surface area contributed by atoms with Crippen LogP contribution in [0.3, 0.4) is 0 Å². The molecule has 1 N–H and O–H groups in total. The van der Waals surface area contributed by atoms with Gasteiger partial charge in [-0.3, -0.25) is 9.98 Å². The van der Waals surface area contributed by atoms with Gasteiger partial charge in [-0.2, -0.15) is 0 Å². The maximum atomic E-state index is 5.03. The van der Waals surface area contributed by atoms with Crippen molar-refractivity contribution < 1.29 is 0 Å². The first kappa shape index (κ1) is 27.9. The summed E-state index contributed by atoms with van der Waals surface area (Å²) in [6.07, 6.45) is 25.9. The van der Waals surface area contributed by atoms with Crippen molar-refractivity contribution in [1.82, 2.24) is 4.98 Å². The third kappa shape index (κ3) is 6.16. The Morgan fingerprint density at radius 3 is 2.33 bits per heavy atom. The number of hydrogen-bond donors (Lipinski definition) is 1. The van der Waals surface area contributed by atoms with E-state index in [-0.39, 0.29) is 11.3 Å². The minimum Gasteiger partial charge on any atom is -0.361 e. The number of allylic oxidation sites excluding steroid dienone is 9. The van der Waals surface area contributed by atoms with Crippen LogP contribution in [0.15, 0.2) is 142 Å². The summed E-state index contributed by atoms with van der Waals surface area (Å²) in [6, 6.07) is 25.1. The van der Waals surface area contributed by atoms with Gasteiger partial charge in [0.1, 0.15) is 0 Å². The van der Waals surface area contributed by atoms with Gasteiger partial charge < -0.3 is 4.98 Å². The van der Waals surface area contributed by atoms with Crippen LogP contribution in [0.1, 0.15) is 68.2 Å². The molecule has 3 aliphatic rings. The van der Waals surface area contributed by atoms with E-state index in [4.69, 9.17) is 4.99 Å². The molecule has 0 radical (unpaired) electrons. The van der Waals surface area contributed by atoms with Crippen molar-refractivity contribution in [1.29, 1.82) is 0 Å². The second-order valence-corrected chi connectivity index (χ2v) is 11.8. The molecule has 1 heterocycles. The van der Waals surface area contributed by atoms with Gasteiger partial charge in [0.05, 0.1) is 12.3 Å². The Bertz CT molecular complexity index is 1540. The second-order valence-electron chi connectivity index (χ2n) is 11.8. The van der Waals surface area contributed by atoms with Crippen molar-refractivity contribution in [2.24, 2.45) is 21.3 Å². The van der Waals surface area contributed by atoms with Gasteiger partial charge in [-0.1, -0.05) is 116 Å².